The van der Waals surface area contributed by atoms with E-state index in [-0.39, 0.29) is 16.1 Å². The van der Waals surface area contributed by atoms with Gasteiger partial charge in [0.1, 0.15) is 0 Å². The van der Waals surface area contributed by atoms with Crippen molar-refractivity contribution in [3.8, 4) is 0 Å². The highest BCUT2D eigenvalue weighted by atomic mass is 35.5. The Bertz CT molecular complexity index is 1260. The number of nitrogens with one attached hydrogen (secondary N) is 1. The summed E-state index contributed by atoms with van der Waals surface area (Å²) in [7, 11) is 0. The first-order valence-corrected chi connectivity index (χ1v) is 11.2. The first kappa shape index (κ1) is 21.3. The van der Waals surface area contributed by atoms with Crippen molar-refractivity contribution in [3.63, 3.8) is 0 Å². The summed E-state index contributed by atoms with van der Waals surface area (Å²) in [5, 5.41) is 9.17. The molecule has 0 aliphatic rings. The molecule has 8 heteroatoms. The van der Waals surface area contributed by atoms with Crippen LogP contribution in [-0.2, 0) is 11.2 Å². The molecule has 0 saturated heterocycles. The van der Waals surface area contributed by atoms with Gasteiger partial charge in [0.25, 0.3) is 5.56 Å². The number of halogens is 1. The molecule has 0 radical (unpaired) electrons. The van der Waals surface area contributed by atoms with E-state index >= 15 is 0 Å². The lowest BCUT2D eigenvalue weighted by molar-refractivity contribution is 0.590. The Balaban J connectivity index is 1.67. The Morgan fingerprint density at radius 2 is 1.74 bits per heavy atom. The molecule has 0 spiro atoms. The maximum Gasteiger partial charge on any atom is 0.281 e. The number of hydrogen-bond donors (Lipinski definition) is 1. The third kappa shape index (κ3) is 4.89. The van der Waals surface area contributed by atoms with E-state index in [2.05, 4.69) is 60.7 Å². The van der Waals surface area contributed by atoms with E-state index in [0.29, 0.717) is 27.6 Å². The van der Waals surface area contributed by atoms with Gasteiger partial charge >= 0.3 is 0 Å². The standard InChI is InChI=1S/C23H22ClN5OS/c1-23(2,3)16-10-8-15(9-11-16)14-31-22-25-18-7-5-4-6-17(18)21(30)29(22)28-20-13-12-19(24)26-27-20/h4-13H,14H2,1-3H3,(H,27,28). The Hall–Kier alpha value is -2.90. The number of fused-ring (bicyclic) bond motifs is 1. The minimum absolute atomic E-state index is 0.107. The van der Waals surface area contributed by atoms with Crippen LogP contribution in [0.25, 0.3) is 10.9 Å². The van der Waals surface area contributed by atoms with Crippen LogP contribution < -0.4 is 11.0 Å². The Kier molecular flexibility index (Phi) is 5.98. The van der Waals surface area contributed by atoms with Gasteiger partial charge in [0.05, 0.1) is 10.9 Å². The molecule has 2 heterocycles. The van der Waals surface area contributed by atoms with Crippen molar-refractivity contribution in [2.24, 2.45) is 0 Å². The highest BCUT2D eigenvalue weighted by Crippen LogP contribution is 2.26. The number of nitrogens with zero attached hydrogens (tertiary/aromatic N) is 4. The zero-order chi connectivity index (χ0) is 22.0. The normalized spacial score (nSPS) is 11.6. The summed E-state index contributed by atoms with van der Waals surface area (Å²) < 4.78 is 1.41. The van der Waals surface area contributed by atoms with E-state index in [1.54, 1.807) is 18.2 Å². The van der Waals surface area contributed by atoms with E-state index in [4.69, 9.17) is 16.6 Å². The number of para-hydroxylation sites is 1. The Morgan fingerprint density at radius 3 is 2.42 bits per heavy atom. The number of aromatic nitrogens is 4. The Morgan fingerprint density at radius 1 is 1.00 bits per heavy atom. The van der Waals surface area contributed by atoms with Crippen LogP contribution in [-0.4, -0.2) is 19.9 Å². The van der Waals surface area contributed by atoms with E-state index in [0.717, 1.165) is 5.56 Å². The van der Waals surface area contributed by atoms with Gasteiger partial charge in [-0.25, -0.2) is 4.98 Å². The monoisotopic (exact) mass is 451 g/mol. The SMILES string of the molecule is CC(C)(C)c1ccc(CSc2nc3ccccc3c(=O)n2Nc2ccc(Cl)nn2)cc1. The molecule has 1 N–H and O–H groups in total. The van der Waals surface area contributed by atoms with Crippen molar-refractivity contribution >= 4 is 40.1 Å². The number of rotatable bonds is 5. The van der Waals surface area contributed by atoms with Gasteiger partial charge in [0.2, 0.25) is 0 Å². The van der Waals surface area contributed by atoms with Crippen LogP contribution >= 0.6 is 23.4 Å². The summed E-state index contributed by atoms with van der Waals surface area (Å²) in [6, 6.07) is 19.1. The van der Waals surface area contributed by atoms with Crippen LogP contribution in [0.5, 0.6) is 0 Å². The third-order valence-corrected chi connectivity index (χ3v) is 6.00. The van der Waals surface area contributed by atoms with Crippen LogP contribution in [0, 0.1) is 0 Å². The second-order valence-corrected chi connectivity index (χ2v) is 9.47. The van der Waals surface area contributed by atoms with Gasteiger partial charge < -0.3 is 0 Å². The zero-order valence-electron chi connectivity index (χ0n) is 17.5. The number of benzene rings is 2. The molecule has 4 rings (SSSR count). The van der Waals surface area contributed by atoms with Crippen LogP contribution in [0.4, 0.5) is 5.82 Å². The highest BCUT2D eigenvalue weighted by Gasteiger charge is 2.15. The lowest BCUT2D eigenvalue weighted by atomic mass is 9.87. The summed E-state index contributed by atoms with van der Waals surface area (Å²) in [5.41, 5.74) is 6.00. The lowest BCUT2D eigenvalue weighted by Crippen LogP contribution is -2.29. The van der Waals surface area contributed by atoms with E-state index in [9.17, 15) is 4.79 Å². The van der Waals surface area contributed by atoms with Crippen molar-refractivity contribution in [1.82, 2.24) is 19.9 Å². The summed E-state index contributed by atoms with van der Waals surface area (Å²) in [5.74, 6) is 1.07. The molecule has 0 fully saturated rings. The molecule has 0 saturated carbocycles. The second kappa shape index (κ2) is 8.69. The smallest absolute Gasteiger partial charge is 0.271 e. The molecule has 0 aliphatic carbocycles. The van der Waals surface area contributed by atoms with Crippen molar-refractivity contribution in [2.75, 3.05) is 5.43 Å². The predicted octanol–water partition coefficient (Wildman–Crippen LogP) is 5.30. The largest absolute Gasteiger partial charge is 0.281 e. The van der Waals surface area contributed by atoms with Crippen molar-refractivity contribution in [3.05, 3.63) is 87.3 Å². The molecular formula is C23H22ClN5OS. The average molecular weight is 452 g/mol. The molecule has 0 atom stereocenters. The average Bonchev–Trinajstić information content (AvgIpc) is 2.75. The maximum atomic E-state index is 13.2. The Labute approximate surface area is 189 Å². The molecule has 2 aromatic heterocycles. The molecule has 0 aliphatic heterocycles. The molecule has 0 unspecified atom stereocenters. The minimum Gasteiger partial charge on any atom is -0.271 e. The first-order valence-electron chi connectivity index (χ1n) is 9.81. The molecule has 6 nitrogen and oxygen atoms in total. The molecule has 4 aromatic rings. The van der Waals surface area contributed by atoms with Crippen LogP contribution in [0.1, 0.15) is 31.9 Å². The highest BCUT2D eigenvalue weighted by molar-refractivity contribution is 7.98. The summed E-state index contributed by atoms with van der Waals surface area (Å²) >= 11 is 7.31. The fraction of sp³-hybridized carbons (Fsp3) is 0.217. The maximum absolute atomic E-state index is 13.2. The van der Waals surface area contributed by atoms with Crippen LogP contribution in [0.3, 0.4) is 0 Å². The summed E-state index contributed by atoms with van der Waals surface area (Å²) in [6.45, 7) is 6.58. The second-order valence-electron chi connectivity index (χ2n) is 8.14. The van der Waals surface area contributed by atoms with Crippen molar-refractivity contribution in [1.29, 1.82) is 0 Å². The van der Waals surface area contributed by atoms with Gasteiger partial charge in [0.15, 0.2) is 16.1 Å². The lowest BCUT2D eigenvalue weighted by Gasteiger charge is -2.19. The fourth-order valence-corrected chi connectivity index (χ4v) is 4.06. The molecule has 158 valence electrons. The van der Waals surface area contributed by atoms with Gasteiger partial charge in [0, 0.05) is 5.75 Å². The van der Waals surface area contributed by atoms with E-state index < -0.39 is 0 Å². The van der Waals surface area contributed by atoms with E-state index in [1.807, 2.05) is 18.2 Å². The van der Waals surface area contributed by atoms with Crippen molar-refractivity contribution < 1.29 is 0 Å². The van der Waals surface area contributed by atoms with Gasteiger partial charge in [-0.05, 0) is 40.8 Å². The van der Waals surface area contributed by atoms with E-state index in [1.165, 1.54) is 22.0 Å². The van der Waals surface area contributed by atoms with Gasteiger partial charge in [-0.15, -0.1) is 10.2 Å². The first-order chi connectivity index (χ1) is 14.8. The van der Waals surface area contributed by atoms with Crippen LogP contribution in [0.2, 0.25) is 5.15 Å². The molecule has 0 amide bonds. The topological polar surface area (TPSA) is 72.7 Å². The van der Waals surface area contributed by atoms with Crippen LogP contribution in [0.15, 0.2) is 70.6 Å². The molecule has 0 bridgehead atoms. The number of thioether (sulfide) groups is 1. The molecule has 2 aromatic carbocycles. The fourth-order valence-electron chi connectivity index (χ4n) is 3.05. The predicted molar refractivity (Wildman–Crippen MR) is 127 cm³/mol. The van der Waals surface area contributed by atoms with Crippen molar-refractivity contribution in [2.45, 2.75) is 37.1 Å². The molecular weight excluding hydrogens is 430 g/mol. The minimum atomic E-state index is -0.201. The quantitative estimate of drug-likeness (QED) is 0.327. The van der Waals surface area contributed by atoms with Gasteiger partial charge in [-0.3, -0.25) is 10.2 Å². The summed E-state index contributed by atoms with van der Waals surface area (Å²) in [6.07, 6.45) is 0. The zero-order valence-corrected chi connectivity index (χ0v) is 19.0. The van der Waals surface area contributed by atoms with Gasteiger partial charge in [-0.2, -0.15) is 4.68 Å². The molecule has 31 heavy (non-hydrogen) atoms. The van der Waals surface area contributed by atoms with Gasteiger partial charge in [-0.1, -0.05) is 80.5 Å². The third-order valence-electron chi connectivity index (χ3n) is 4.79. The summed E-state index contributed by atoms with van der Waals surface area (Å²) in [4.78, 5) is 17.9. The number of hydrogen-bond acceptors (Lipinski definition) is 6. The number of anilines is 1.